The summed E-state index contributed by atoms with van der Waals surface area (Å²) < 4.78 is 5.50. The van der Waals surface area contributed by atoms with Gasteiger partial charge in [-0.3, -0.25) is 4.79 Å². The first-order valence-electron chi connectivity index (χ1n) is 7.30. The van der Waals surface area contributed by atoms with Crippen molar-refractivity contribution in [2.45, 2.75) is 45.4 Å². The smallest absolute Gasteiger partial charge is 0.220 e. The summed E-state index contributed by atoms with van der Waals surface area (Å²) in [6, 6.07) is 4.28. The molecule has 3 nitrogen and oxygen atoms in total. The standard InChI is InChI=1S/C16H25NO2S/c1-15(2,3)11-14(18)17-12-16(6-8-19-9-7-16)13-5-4-10-20-13/h4-5,10H,6-9,11-12H2,1-3H3,(H,17,18). The van der Waals surface area contributed by atoms with Crippen LogP contribution in [0.1, 0.15) is 44.9 Å². The average molecular weight is 295 g/mol. The van der Waals surface area contributed by atoms with Gasteiger partial charge in [-0.1, -0.05) is 26.8 Å². The summed E-state index contributed by atoms with van der Waals surface area (Å²) in [5, 5.41) is 5.26. The fourth-order valence-electron chi connectivity index (χ4n) is 2.66. The van der Waals surface area contributed by atoms with E-state index in [9.17, 15) is 4.79 Å². The van der Waals surface area contributed by atoms with Crippen LogP contribution in [0.3, 0.4) is 0 Å². The molecule has 0 spiro atoms. The predicted octanol–water partition coefficient (Wildman–Crippen LogP) is 3.35. The molecule has 1 aliphatic rings. The lowest BCUT2D eigenvalue weighted by molar-refractivity contribution is -0.123. The van der Waals surface area contributed by atoms with E-state index in [2.05, 4.69) is 43.6 Å². The molecule has 1 aliphatic heterocycles. The molecule has 20 heavy (non-hydrogen) atoms. The van der Waals surface area contributed by atoms with Gasteiger partial charge in [-0.15, -0.1) is 11.3 Å². The van der Waals surface area contributed by atoms with Crippen LogP contribution in [0.5, 0.6) is 0 Å². The average Bonchev–Trinajstić information content (AvgIpc) is 2.90. The number of hydrogen-bond acceptors (Lipinski definition) is 3. The molecule has 0 unspecified atom stereocenters. The molecule has 1 saturated heterocycles. The zero-order chi connectivity index (χ0) is 14.6. The predicted molar refractivity (Wildman–Crippen MR) is 83.1 cm³/mol. The van der Waals surface area contributed by atoms with E-state index in [0.29, 0.717) is 6.42 Å². The van der Waals surface area contributed by atoms with Gasteiger partial charge in [-0.05, 0) is 29.7 Å². The number of carbonyl (C=O) groups is 1. The van der Waals surface area contributed by atoms with Crippen LogP contribution in [0.15, 0.2) is 17.5 Å². The molecule has 2 rings (SSSR count). The summed E-state index contributed by atoms with van der Waals surface area (Å²) in [5.41, 5.74) is 0.107. The van der Waals surface area contributed by atoms with Gasteiger partial charge in [0.2, 0.25) is 5.91 Å². The highest BCUT2D eigenvalue weighted by Gasteiger charge is 2.35. The number of carbonyl (C=O) groups excluding carboxylic acids is 1. The molecular weight excluding hydrogens is 270 g/mol. The number of thiophene rings is 1. The second-order valence-electron chi connectivity index (χ2n) is 6.88. The lowest BCUT2D eigenvalue weighted by atomic mass is 9.78. The Morgan fingerprint density at radius 1 is 1.40 bits per heavy atom. The lowest BCUT2D eigenvalue weighted by Gasteiger charge is -2.37. The summed E-state index contributed by atoms with van der Waals surface area (Å²) in [4.78, 5) is 13.4. The molecule has 0 bridgehead atoms. The Bertz CT molecular complexity index is 428. The van der Waals surface area contributed by atoms with Crippen molar-refractivity contribution in [3.05, 3.63) is 22.4 Å². The van der Waals surface area contributed by atoms with E-state index in [-0.39, 0.29) is 16.7 Å². The molecule has 0 aliphatic carbocycles. The van der Waals surface area contributed by atoms with Gasteiger partial charge in [0, 0.05) is 36.5 Å². The highest BCUT2D eigenvalue weighted by atomic mass is 32.1. The zero-order valence-corrected chi connectivity index (χ0v) is 13.5. The number of nitrogens with one attached hydrogen (secondary N) is 1. The Morgan fingerprint density at radius 3 is 2.65 bits per heavy atom. The molecule has 1 aromatic rings. The lowest BCUT2D eigenvalue weighted by Crippen LogP contribution is -2.44. The maximum Gasteiger partial charge on any atom is 0.220 e. The van der Waals surface area contributed by atoms with Crippen LogP contribution in [0.2, 0.25) is 0 Å². The Kier molecular flexibility index (Phi) is 4.86. The number of hydrogen-bond donors (Lipinski definition) is 1. The summed E-state index contributed by atoms with van der Waals surface area (Å²) in [7, 11) is 0. The first kappa shape index (κ1) is 15.5. The molecule has 0 aromatic carbocycles. The van der Waals surface area contributed by atoms with Gasteiger partial charge in [0.25, 0.3) is 0 Å². The van der Waals surface area contributed by atoms with Gasteiger partial charge in [-0.25, -0.2) is 0 Å². The van der Waals surface area contributed by atoms with Gasteiger partial charge in [0.15, 0.2) is 0 Å². The van der Waals surface area contributed by atoms with Gasteiger partial charge in [-0.2, -0.15) is 0 Å². The molecule has 4 heteroatoms. The Labute approximate surface area is 125 Å². The van der Waals surface area contributed by atoms with Crippen LogP contribution in [0.4, 0.5) is 0 Å². The minimum atomic E-state index is 0.0376. The van der Waals surface area contributed by atoms with Crippen molar-refractivity contribution >= 4 is 17.2 Å². The van der Waals surface area contributed by atoms with Crippen molar-refractivity contribution in [2.75, 3.05) is 19.8 Å². The van der Waals surface area contributed by atoms with E-state index in [4.69, 9.17) is 4.74 Å². The highest BCUT2D eigenvalue weighted by Crippen LogP contribution is 2.37. The Hall–Kier alpha value is -0.870. The van der Waals surface area contributed by atoms with E-state index >= 15 is 0 Å². The zero-order valence-electron chi connectivity index (χ0n) is 12.7. The molecule has 112 valence electrons. The molecule has 1 fully saturated rings. The third-order valence-electron chi connectivity index (χ3n) is 3.81. The van der Waals surface area contributed by atoms with Gasteiger partial charge >= 0.3 is 0 Å². The molecule has 1 N–H and O–H groups in total. The van der Waals surface area contributed by atoms with Crippen molar-refractivity contribution in [1.29, 1.82) is 0 Å². The fraction of sp³-hybridized carbons (Fsp3) is 0.688. The summed E-state index contributed by atoms with van der Waals surface area (Å²) in [6.07, 6.45) is 2.55. The molecule has 1 aromatic heterocycles. The number of rotatable bonds is 4. The molecule has 0 atom stereocenters. The first-order chi connectivity index (χ1) is 9.41. The van der Waals surface area contributed by atoms with Crippen LogP contribution in [0.25, 0.3) is 0 Å². The van der Waals surface area contributed by atoms with E-state index in [1.807, 2.05) is 0 Å². The SMILES string of the molecule is CC(C)(C)CC(=O)NCC1(c2cccs2)CCOCC1. The van der Waals surface area contributed by atoms with Crippen molar-refractivity contribution in [3.63, 3.8) is 0 Å². The van der Waals surface area contributed by atoms with Crippen molar-refractivity contribution in [2.24, 2.45) is 5.41 Å². The molecule has 1 amide bonds. The highest BCUT2D eigenvalue weighted by molar-refractivity contribution is 7.10. The fourth-order valence-corrected chi connectivity index (χ4v) is 3.65. The largest absolute Gasteiger partial charge is 0.381 e. The minimum absolute atomic E-state index is 0.0376. The Balaban J connectivity index is 2.01. The van der Waals surface area contributed by atoms with E-state index in [1.54, 1.807) is 11.3 Å². The molecule has 0 radical (unpaired) electrons. The molecule has 2 heterocycles. The summed E-state index contributed by atoms with van der Waals surface area (Å²) in [5.74, 6) is 0.153. The van der Waals surface area contributed by atoms with Crippen molar-refractivity contribution in [3.8, 4) is 0 Å². The van der Waals surface area contributed by atoms with Gasteiger partial charge < -0.3 is 10.1 Å². The molecule has 0 saturated carbocycles. The first-order valence-corrected chi connectivity index (χ1v) is 8.18. The molecular formula is C16H25NO2S. The topological polar surface area (TPSA) is 38.3 Å². The number of ether oxygens (including phenoxy) is 1. The second kappa shape index (κ2) is 6.27. The maximum atomic E-state index is 12.1. The number of amides is 1. The van der Waals surface area contributed by atoms with E-state index in [1.165, 1.54) is 4.88 Å². The van der Waals surface area contributed by atoms with Crippen molar-refractivity contribution in [1.82, 2.24) is 5.32 Å². The van der Waals surface area contributed by atoms with E-state index < -0.39 is 0 Å². The van der Waals surface area contributed by atoms with Crippen LogP contribution < -0.4 is 5.32 Å². The minimum Gasteiger partial charge on any atom is -0.381 e. The van der Waals surface area contributed by atoms with E-state index in [0.717, 1.165) is 32.6 Å². The van der Waals surface area contributed by atoms with Crippen LogP contribution in [-0.4, -0.2) is 25.7 Å². The third-order valence-corrected chi connectivity index (χ3v) is 4.92. The van der Waals surface area contributed by atoms with Crippen molar-refractivity contribution < 1.29 is 9.53 Å². The van der Waals surface area contributed by atoms with Crippen LogP contribution in [0, 0.1) is 5.41 Å². The van der Waals surface area contributed by atoms with Crippen LogP contribution in [-0.2, 0) is 14.9 Å². The third kappa shape index (κ3) is 4.06. The maximum absolute atomic E-state index is 12.1. The van der Waals surface area contributed by atoms with Gasteiger partial charge in [0.05, 0.1) is 0 Å². The monoisotopic (exact) mass is 295 g/mol. The summed E-state index contributed by atoms with van der Waals surface area (Å²) in [6.45, 7) is 8.58. The Morgan fingerprint density at radius 2 is 2.10 bits per heavy atom. The van der Waals surface area contributed by atoms with Gasteiger partial charge in [0.1, 0.15) is 0 Å². The second-order valence-corrected chi connectivity index (χ2v) is 7.83. The van der Waals surface area contributed by atoms with Crippen LogP contribution >= 0.6 is 11.3 Å². The quantitative estimate of drug-likeness (QED) is 0.925. The normalized spacial score (nSPS) is 18.8. The summed E-state index contributed by atoms with van der Waals surface area (Å²) >= 11 is 1.79.